The molecule has 0 N–H and O–H groups in total. The predicted molar refractivity (Wildman–Crippen MR) is 59.9 cm³/mol. The molecule has 0 bridgehead atoms. The smallest absolute Gasteiger partial charge is 0.116 e. The summed E-state index contributed by atoms with van der Waals surface area (Å²) in [5.74, 6) is 0. The van der Waals surface area contributed by atoms with Gasteiger partial charge in [0.15, 0.2) is 0 Å². The highest BCUT2D eigenvalue weighted by atomic mass is 14.8. The number of allylic oxidation sites excluding steroid dienone is 4. The quantitative estimate of drug-likeness (QED) is 0.666. The Morgan fingerprint density at radius 3 is 2.57 bits per heavy atom. The normalized spacial score (nSPS) is 10.6. The zero-order chi connectivity index (χ0) is 10.6. The van der Waals surface area contributed by atoms with Crippen molar-refractivity contribution in [2.75, 3.05) is 0 Å². The van der Waals surface area contributed by atoms with Crippen LogP contribution in [0.15, 0.2) is 30.2 Å². The van der Waals surface area contributed by atoms with Gasteiger partial charge in [-0.3, -0.25) is 0 Å². The van der Waals surface area contributed by atoms with E-state index in [1.807, 2.05) is 26.1 Å². The van der Waals surface area contributed by atoms with Crippen LogP contribution in [0.2, 0.25) is 0 Å². The summed E-state index contributed by atoms with van der Waals surface area (Å²) in [4.78, 5) is 8.29. The number of hydrogen-bond acceptors (Lipinski definition) is 2. The van der Waals surface area contributed by atoms with Crippen LogP contribution in [0.25, 0.3) is 5.57 Å². The zero-order valence-corrected chi connectivity index (χ0v) is 9.20. The lowest BCUT2D eigenvalue weighted by atomic mass is 10.0. The first kappa shape index (κ1) is 10.6. The van der Waals surface area contributed by atoms with Crippen molar-refractivity contribution < 1.29 is 0 Å². The fraction of sp³-hybridized carbons (Fsp3) is 0.333. The van der Waals surface area contributed by atoms with E-state index in [1.54, 1.807) is 6.33 Å². The maximum absolute atomic E-state index is 4.30. The molecule has 0 fully saturated rings. The largest absolute Gasteiger partial charge is 0.245 e. The summed E-state index contributed by atoms with van der Waals surface area (Å²) < 4.78 is 0. The highest BCUT2D eigenvalue weighted by Crippen LogP contribution is 2.20. The third-order valence-electron chi connectivity index (χ3n) is 2.02. The molecule has 0 saturated heterocycles. The minimum absolute atomic E-state index is 1.03. The van der Waals surface area contributed by atoms with E-state index >= 15 is 0 Å². The highest BCUT2D eigenvalue weighted by Gasteiger charge is 2.04. The predicted octanol–water partition coefficient (Wildman–Crippen LogP) is 3.15. The van der Waals surface area contributed by atoms with Gasteiger partial charge in [0, 0.05) is 6.20 Å². The summed E-state index contributed by atoms with van der Waals surface area (Å²) in [7, 11) is 0. The van der Waals surface area contributed by atoms with Gasteiger partial charge < -0.3 is 0 Å². The number of rotatable bonds is 2. The number of aryl methyl sites for hydroxylation is 1. The summed E-state index contributed by atoms with van der Waals surface area (Å²) in [5.41, 5.74) is 4.59. The van der Waals surface area contributed by atoms with Gasteiger partial charge >= 0.3 is 0 Å². The van der Waals surface area contributed by atoms with Gasteiger partial charge in [-0.15, -0.1) is 0 Å². The summed E-state index contributed by atoms with van der Waals surface area (Å²) in [6.45, 7) is 8.23. The van der Waals surface area contributed by atoms with Crippen LogP contribution in [0.4, 0.5) is 0 Å². The van der Waals surface area contributed by atoms with Crippen molar-refractivity contribution in [1.29, 1.82) is 0 Å². The Morgan fingerprint density at radius 2 is 2.07 bits per heavy atom. The first-order chi connectivity index (χ1) is 6.66. The summed E-state index contributed by atoms with van der Waals surface area (Å²) in [6.07, 6.45) is 7.55. The maximum Gasteiger partial charge on any atom is 0.116 e. The van der Waals surface area contributed by atoms with Crippen LogP contribution in [0.3, 0.4) is 0 Å². The average Bonchev–Trinajstić information content (AvgIpc) is 2.15. The third kappa shape index (κ3) is 2.28. The van der Waals surface area contributed by atoms with Crippen LogP contribution in [-0.2, 0) is 0 Å². The second-order valence-electron chi connectivity index (χ2n) is 3.47. The van der Waals surface area contributed by atoms with E-state index in [1.165, 1.54) is 11.1 Å². The molecule has 74 valence electrons. The van der Waals surface area contributed by atoms with E-state index in [4.69, 9.17) is 0 Å². The van der Waals surface area contributed by atoms with Gasteiger partial charge in [0.05, 0.1) is 5.69 Å². The second-order valence-corrected chi connectivity index (χ2v) is 3.47. The van der Waals surface area contributed by atoms with Crippen molar-refractivity contribution >= 4 is 5.57 Å². The van der Waals surface area contributed by atoms with Gasteiger partial charge in [-0.2, -0.15) is 0 Å². The molecule has 0 aromatic carbocycles. The molecule has 0 saturated carbocycles. The van der Waals surface area contributed by atoms with Crippen molar-refractivity contribution in [2.24, 2.45) is 0 Å². The lowest BCUT2D eigenvalue weighted by Gasteiger charge is -2.06. The standard InChI is InChI=1S/C12H16N2/c1-5-6-11(9(2)3)12-10(4)7-13-8-14-12/h5-8H,1-4H3/b6-5-. The Labute approximate surface area is 85.4 Å². The molecule has 1 aromatic heterocycles. The molecule has 1 rings (SSSR count). The van der Waals surface area contributed by atoms with Gasteiger partial charge in [-0.05, 0) is 38.8 Å². The molecule has 2 nitrogen and oxygen atoms in total. The topological polar surface area (TPSA) is 25.8 Å². The van der Waals surface area contributed by atoms with E-state index in [9.17, 15) is 0 Å². The van der Waals surface area contributed by atoms with E-state index in [2.05, 4.69) is 29.9 Å². The van der Waals surface area contributed by atoms with Crippen LogP contribution < -0.4 is 0 Å². The molecule has 0 aliphatic carbocycles. The number of hydrogen-bond donors (Lipinski definition) is 0. The molecule has 0 unspecified atom stereocenters. The van der Waals surface area contributed by atoms with Gasteiger partial charge in [0.25, 0.3) is 0 Å². The van der Waals surface area contributed by atoms with E-state index in [0.717, 1.165) is 11.3 Å². The van der Waals surface area contributed by atoms with Gasteiger partial charge in [-0.25, -0.2) is 9.97 Å². The molecule has 1 heterocycles. The van der Waals surface area contributed by atoms with E-state index < -0.39 is 0 Å². The van der Waals surface area contributed by atoms with Crippen LogP contribution in [0.5, 0.6) is 0 Å². The molecule has 0 aliphatic heterocycles. The molecule has 1 aromatic rings. The van der Waals surface area contributed by atoms with Crippen molar-refractivity contribution in [1.82, 2.24) is 9.97 Å². The number of nitrogens with zero attached hydrogens (tertiary/aromatic N) is 2. The zero-order valence-electron chi connectivity index (χ0n) is 9.20. The fourth-order valence-electron chi connectivity index (χ4n) is 1.33. The first-order valence-electron chi connectivity index (χ1n) is 4.74. The summed E-state index contributed by atoms with van der Waals surface area (Å²) in [5, 5.41) is 0. The van der Waals surface area contributed by atoms with Crippen molar-refractivity contribution in [3.63, 3.8) is 0 Å². The van der Waals surface area contributed by atoms with Crippen LogP contribution >= 0.6 is 0 Å². The van der Waals surface area contributed by atoms with Crippen LogP contribution in [-0.4, -0.2) is 9.97 Å². The van der Waals surface area contributed by atoms with Gasteiger partial charge in [-0.1, -0.05) is 17.7 Å². The SMILES string of the molecule is C/C=C\C(=C(C)C)c1ncncc1C. The molecular formula is C12H16N2. The van der Waals surface area contributed by atoms with Crippen molar-refractivity contribution in [2.45, 2.75) is 27.7 Å². The molecule has 0 atom stereocenters. The van der Waals surface area contributed by atoms with Crippen LogP contribution in [0.1, 0.15) is 32.0 Å². The Bertz CT molecular complexity index is 372. The maximum atomic E-state index is 4.30. The molecular weight excluding hydrogens is 172 g/mol. The molecule has 0 amide bonds. The first-order valence-corrected chi connectivity index (χ1v) is 4.74. The highest BCUT2D eigenvalue weighted by molar-refractivity contribution is 5.75. The third-order valence-corrected chi connectivity index (χ3v) is 2.02. The monoisotopic (exact) mass is 188 g/mol. The molecule has 0 radical (unpaired) electrons. The minimum Gasteiger partial charge on any atom is -0.245 e. The molecule has 0 aliphatic rings. The second kappa shape index (κ2) is 4.70. The Kier molecular flexibility index (Phi) is 3.57. The minimum atomic E-state index is 1.03. The fourth-order valence-corrected chi connectivity index (χ4v) is 1.33. The lowest BCUT2D eigenvalue weighted by molar-refractivity contribution is 1.10. The molecule has 2 heteroatoms. The Morgan fingerprint density at radius 1 is 1.36 bits per heavy atom. The Hall–Kier alpha value is -1.44. The van der Waals surface area contributed by atoms with E-state index in [-0.39, 0.29) is 0 Å². The summed E-state index contributed by atoms with van der Waals surface area (Å²) in [6, 6.07) is 0. The van der Waals surface area contributed by atoms with E-state index in [0.29, 0.717) is 0 Å². The molecule has 0 spiro atoms. The van der Waals surface area contributed by atoms with Crippen molar-refractivity contribution in [3.05, 3.63) is 41.5 Å². The molecule has 14 heavy (non-hydrogen) atoms. The van der Waals surface area contributed by atoms with Gasteiger partial charge in [0.2, 0.25) is 0 Å². The van der Waals surface area contributed by atoms with Gasteiger partial charge in [0.1, 0.15) is 6.33 Å². The van der Waals surface area contributed by atoms with Crippen LogP contribution in [0, 0.1) is 6.92 Å². The lowest BCUT2D eigenvalue weighted by Crippen LogP contribution is -1.94. The average molecular weight is 188 g/mol. The summed E-state index contributed by atoms with van der Waals surface area (Å²) >= 11 is 0. The number of aromatic nitrogens is 2. The van der Waals surface area contributed by atoms with Crippen molar-refractivity contribution in [3.8, 4) is 0 Å². The Balaban J connectivity index is 3.27.